The Morgan fingerprint density at radius 1 is 1.35 bits per heavy atom. The van der Waals surface area contributed by atoms with Gasteiger partial charge in [0.1, 0.15) is 5.76 Å². The van der Waals surface area contributed by atoms with Crippen molar-refractivity contribution in [2.75, 3.05) is 19.8 Å². The molecule has 1 aromatic rings. The van der Waals surface area contributed by atoms with Crippen LogP contribution in [0.4, 0.5) is 0 Å². The number of aliphatic hydroxyl groups excluding tert-OH is 1. The highest BCUT2D eigenvalue weighted by Gasteiger charge is 2.41. The molecule has 0 amide bonds. The van der Waals surface area contributed by atoms with Crippen LogP contribution in [0.2, 0.25) is 0 Å². The van der Waals surface area contributed by atoms with Crippen molar-refractivity contribution in [1.82, 2.24) is 0 Å². The minimum Gasteiger partial charge on any atom is -0.469 e. The number of rotatable bonds is 3. The Balaban J connectivity index is 1.73. The zero-order chi connectivity index (χ0) is 14.0. The van der Waals surface area contributed by atoms with E-state index < -0.39 is 6.10 Å². The van der Waals surface area contributed by atoms with Gasteiger partial charge in [-0.05, 0) is 37.7 Å². The minimum atomic E-state index is -0.438. The molecule has 2 atom stereocenters. The van der Waals surface area contributed by atoms with Gasteiger partial charge in [-0.15, -0.1) is 0 Å². The lowest BCUT2D eigenvalue weighted by Crippen LogP contribution is -2.45. The minimum absolute atomic E-state index is 0.0712. The van der Waals surface area contributed by atoms with E-state index in [1.54, 1.807) is 6.26 Å². The SMILES string of the molecule is CCc1occc1C(O)C1CCOC2(CCOCC2)C1. The van der Waals surface area contributed by atoms with Crippen molar-refractivity contribution in [3.05, 3.63) is 23.7 Å². The number of aliphatic hydroxyl groups is 1. The van der Waals surface area contributed by atoms with Gasteiger partial charge in [-0.3, -0.25) is 0 Å². The summed E-state index contributed by atoms with van der Waals surface area (Å²) in [5.41, 5.74) is 0.889. The average Bonchev–Trinajstić information content (AvgIpc) is 2.96. The van der Waals surface area contributed by atoms with E-state index in [1.165, 1.54) is 0 Å². The van der Waals surface area contributed by atoms with Crippen LogP contribution in [-0.4, -0.2) is 30.5 Å². The molecule has 2 unspecified atom stereocenters. The molecule has 0 bridgehead atoms. The lowest BCUT2D eigenvalue weighted by molar-refractivity contribution is -0.159. The molecule has 1 spiro atoms. The van der Waals surface area contributed by atoms with Crippen LogP contribution in [0, 0.1) is 5.92 Å². The van der Waals surface area contributed by atoms with Crippen molar-refractivity contribution >= 4 is 0 Å². The fourth-order valence-corrected chi connectivity index (χ4v) is 3.58. The molecule has 4 nitrogen and oxygen atoms in total. The molecule has 0 radical (unpaired) electrons. The Hall–Kier alpha value is -0.840. The average molecular weight is 280 g/mol. The lowest BCUT2D eigenvalue weighted by Gasteiger charge is -2.44. The normalized spacial score (nSPS) is 27.6. The van der Waals surface area contributed by atoms with Gasteiger partial charge < -0.3 is 19.0 Å². The van der Waals surface area contributed by atoms with E-state index >= 15 is 0 Å². The van der Waals surface area contributed by atoms with Crippen molar-refractivity contribution in [3.63, 3.8) is 0 Å². The summed E-state index contributed by atoms with van der Waals surface area (Å²) in [6, 6.07) is 1.91. The van der Waals surface area contributed by atoms with Gasteiger partial charge in [0.05, 0.1) is 18.0 Å². The zero-order valence-corrected chi connectivity index (χ0v) is 12.1. The van der Waals surface area contributed by atoms with E-state index in [4.69, 9.17) is 13.9 Å². The maximum absolute atomic E-state index is 10.7. The summed E-state index contributed by atoms with van der Waals surface area (Å²) in [6.45, 7) is 4.34. The number of hydrogen-bond donors (Lipinski definition) is 1. The molecule has 1 aromatic heterocycles. The monoisotopic (exact) mass is 280 g/mol. The third-order valence-corrected chi connectivity index (χ3v) is 4.80. The molecule has 4 heteroatoms. The Kier molecular flexibility index (Phi) is 4.15. The molecule has 3 heterocycles. The molecular weight excluding hydrogens is 256 g/mol. The Labute approximate surface area is 120 Å². The van der Waals surface area contributed by atoms with Gasteiger partial charge in [0.25, 0.3) is 0 Å². The molecule has 20 heavy (non-hydrogen) atoms. The van der Waals surface area contributed by atoms with Gasteiger partial charge in [0.15, 0.2) is 0 Å². The predicted molar refractivity (Wildman–Crippen MR) is 74.5 cm³/mol. The van der Waals surface area contributed by atoms with Crippen LogP contribution >= 0.6 is 0 Å². The topological polar surface area (TPSA) is 51.8 Å². The fraction of sp³-hybridized carbons (Fsp3) is 0.750. The molecule has 112 valence electrons. The van der Waals surface area contributed by atoms with Gasteiger partial charge in [-0.25, -0.2) is 0 Å². The van der Waals surface area contributed by atoms with Gasteiger partial charge in [0, 0.05) is 31.8 Å². The molecule has 0 aliphatic carbocycles. The van der Waals surface area contributed by atoms with Gasteiger partial charge in [-0.2, -0.15) is 0 Å². The molecule has 0 aromatic carbocycles. The first-order valence-electron chi connectivity index (χ1n) is 7.70. The molecular formula is C16H24O4. The van der Waals surface area contributed by atoms with E-state index in [2.05, 4.69) is 6.92 Å². The fourth-order valence-electron chi connectivity index (χ4n) is 3.58. The Morgan fingerprint density at radius 2 is 2.15 bits per heavy atom. The maximum Gasteiger partial charge on any atom is 0.109 e. The summed E-state index contributed by atoms with van der Waals surface area (Å²) in [7, 11) is 0. The van der Waals surface area contributed by atoms with Crippen molar-refractivity contribution in [2.45, 2.75) is 50.7 Å². The third kappa shape index (κ3) is 2.65. The van der Waals surface area contributed by atoms with Crippen LogP contribution in [-0.2, 0) is 15.9 Å². The second kappa shape index (κ2) is 5.88. The van der Waals surface area contributed by atoms with E-state index in [0.29, 0.717) is 0 Å². The number of furan rings is 1. The summed E-state index contributed by atoms with van der Waals surface area (Å²) >= 11 is 0. The molecule has 2 aliphatic heterocycles. The van der Waals surface area contributed by atoms with Gasteiger partial charge >= 0.3 is 0 Å². The maximum atomic E-state index is 10.7. The molecule has 2 fully saturated rings. The van der Waals surface area contributed by atoms with Crippen LogP contribution in [0.5, 0.6) is 0 Å². The standard InChI is InChI=1S/C16H24O4/c1-2-14-13(4-7-19-14)15(17)12-3-8-20-16(11-12)5-9-18-10-6-16/h4,7,12,15,17H,2-3,5-6,8-11H2,1H3. The van der Waals surface area contributed by atoms with Gasteiger partial charge in [-0.1, -0.05) is 6.92 Å². The molecule has 0 saturated carbocycles. The van der Waals surface area contributed by atoms with Crippen LogP contribution in [0.15, 0.2) is 16.7 Å². The highest BCUT2D eigenvalue weighted by atomic mass is 16.5. The van der Waals surface area contributed by atoms with Crippen LogP contribution in [0.1, 0.15) is 50.0 Å². The first-order valence-corrected chi connectivity index (χ1v) is 7.70. The van der Waals surface area contributed by atoms with Crippen molar-refractivity contribution in [1.29, 1.82) is 0 Å². The van der Waals surface area contributed by atoms with E-state index in [9.17, 15) is 5.11 Å². The largest absolute Gasteiger partial charge is 0.469 e. The van der Waals surface area contributed by atoms with E-state index in [1.807, 2.05) is 6.07 Å². The third-order valence-electron chi connectivity index (χ3n) is 4.80. The summed E-state index contributed by atoms with van der Waals surface area (Å²) < 4.78 is 16.9. The van der Waals surface area contributed by atoms with Crippen LogP contribution < -0.4 is 0 Å². The van der Waals surface area contributed by atoms with E-state index in [0.717, 1.165) is 63.2 Å². The van der Waals surface area contributed by atoms with Crippen molar-refractivity contribution in [2.24, 2.45) is 5.92 Å². The van der Waals surface area contributed by atoms with Crippen molar-refractivity contribution in [3.8, 4) is 0 Å². The molecule has 2 saturated heterocycles. The Bertz CT molecular complexity index is 428. The summed E-state index contributed by atoms with van der Waals surface area (Å²) in [4.78, 5) is 0. The van der Waals surface area contributed by atoms with Crippen LogP contribution in [0.3, 0.4) is 0 Å². The number of ether oxygens (including phenoxy) is 2. The quantitative estimate of drug-likeness (QED) is 0.925. The second-order valence-electron chi connectivity index (χ2n) is 5.99. The highest BCUT2D eigenvalue weighted by molar-refractivity contribution is 5.21. The summed E-state index contributed by atoms with van der Waals surface area (Å²) in [5, 5.41) is 10.7. The zero-order valence-electron chi connectivity index (χ0n) is 12.1. The molecule has 1 N–H and O–H groups in total. The smallest absolute Gasteiger partial charge is 0.109 e. The highest BCUT2D eigenvalue weighted by Crippen LogP contribution is 2.42. The number of aryl methyl sites for hydroxylation is 1. The number of hydrogen-bond acceptors (Lipinski definition) is 4. The Morgan fingerprint density at radius 3 is 2.90 bits per heavy atom. The van der Waals surface area contributed by atoms with Gasteiger partial charge in [0.2, 0.25) is 0 Å². The summed E-state index contributed by atoms with van der Waals surface area (Å²) in [6.07, 6.45) is 5.80. The first-order chi connectivity index (χ1) is 9.74. The second-order valence-corrected chi connectivity index (χ2v) is 5.99. The lowest BCUT2D eigenvalue weighted by atomic mass is 9.77. The van der Waals surface area contributed by atoms with Crippen LogP contribution in [0.25, 0.3) is 0 Å². The molecule has 2 aliphatic rings. The summed E-state index contributed by atoms with van der Waals surface area (Å²) in [5.74, 6) is 1.16. The molecule has 3 rings (SSSR count). The predicted octanol–water partition coefficient (Wildman–Crippen LogP) is 2.85. The van der Waals surface area contributed by atoms with Crippen molar-refractivity contribution < 1.29 is 19.0 Å². The van der Waals surface area contributed by atoms with E-state index in [-0.39, 0.29) is 11.5 Å². The first kappa shape index (κ1) is 14.1.